The number of methoxy groups -OCH3 is 1. The zero-order valence-corrected chi connectivity index (χ0v) is 18.2. The van der Waals surface area contributed by atoms with Crippen molar-refractivity contribution in [2.75, 3.05) is 38.3 Å². The molecule has 2 atom stereocenters. The number of fused-ring (bicyclic) bond motifs is 3. The third kappa shape index (κ3) is 3.33. The van der Waals surface area contributed by atoms with Crippen LogP contribution in [0.2, 0.25) is 5.02 Å². The Hall–Kier alpha value is -2.42. The number of nitrogens with zero attached hydrogens (tertiary/aromatic N) is 5. The minimum absolute atomic E-state index is 0.287. The van der Waals surface area contributed by atoms with Gasteiger partial charge in [-0.2, -0.15) is 15.1 Å². The van der Waals surface area contributed by atoms with Gasteiger partial charge in [-0.25, -0.2) is 4.68 Å². The van der Waals surface area contributed by atoms with Crippen molar-refractivity contribution >= 4 is 28.3 Å². The maximum absolute atomic E-state index is 6.67. The number of hydrogen-bond donors (Lipinski definition) is 1. The van der Waals surface area contributed by atoms with Crippen LogP contribution in [0, 0.1) is 0 Å². The molecule has 3 aromatic rings. The summed E-state index contributed by atoms with van der Waals surface area (Å²) in [6, 6.07) is 6.90. The number of ether oxygens (including phenoxy) is 2. The second-order valence-electron chi connectivity index (χ2n) is 8.58. The van der Waals surface area contributed by atoms with E-state index in [4.69, 9.17) is 21.1 Å². The van der Waals surface area contributed by atoms with Crippen LogP contribution in [0.25, 0.3) is 16.7 Å². The first-order chi connectivity index (χ1) is 15.2. The number of aromatic nitrogens is 4. The Morgan fingerprint density at radius 1 is 1.16 bits per heavy atom. The molecule has 162 valence electrons. The topological polar surface area (TPSA) is 77.3 Å². The first-order valence-corrected chi connectivity index (χ1v) is 11.3. The van der Waals surface area contributed by atoms with Crippen molar-refractivity contribution < 1.29 is 9.47 Å². The first-order valence-electron chi connectivity index (χ1n) is 10.9. The lowest BCUT2D eigenvalue weighted by Crippen LogP contribution is -2.37. The van der Waals surface area contributed by atoms with Gasteiger partial charge in [-0.3, -0.25) is 0 Å². The Labute approximate surface area is 185 Å². The van der Waals surface area contributed by atoms with E-state index in [-0.39, 0.29) is 6.10 Å². The zero-order chi connectivity index (χ0) is 20.9. The van der Waals surface area contributed by atoms with Gasteiger partial charge in [-0.05, 0) is 56.0 Å². The molecule has 6 rings (SSSR count). The lowest BCUT2D eigenvalue weighted by Gasteiger charge is -2.28. The fourth-order valence-corrected chi connectivity index (χ4v) is 5.45. The summed E-state index contributed by atoms with van der Waals surface area (Å²) < 4.78 is 13.1. The molecule has 3 saturated heterocycles. The Morgan fingerprint density at radius 3 is 2.74 bits per heavy atom. The summed E-state index contributed by atoms with van der Waals surface area (Å²) in [6.45, 7) is 3.63. The van der Waals surface area contributed by atoms with Crippen LogP contribution in [-0.4, -0.2) is 65.2 Å². The van der Waals surface area contributed by atoms with E-state index in [1.807, 2.05) is 23.0 Å². The number of nitrogens with one attached hydrogen (secondary N) is 1. The largest absolute Gasteiger partial charge is 0.467 e. The highest BCUT2D eigenvalue weighted by Crippen LogP contribution is 2.36. The van der Waals surface area contributed by atoms with Crippen LogP contribution in [0.15, 0.2) is 24.4 Å². The minimum Gasteiger partial charge on any atom is -0.467 e. The molecule has 0 saturated carbocycles. The van der Waals surface area contributed by atoms with E-state index in [9.17, 15) is 0 Å². The summed E-state index contributed by atoms with van der Waals surface area (Å²) >= 11 is 6.67. The lowest BCUT2D eigenvalue weighted by atomic mass is 9.90. The molecule has 9 heteroatoms. The third-order valence-corrected chi connectivity index (χ3v) is 7.07. The first kappa shape index (κ1) is 19.3. The van der Waals surface area contributed by atoms with E-state index in [1.54, 1.807) is 7.11 Å². The summed E-state index contributed by atoms with van der Waals surface area (Å²) in [5.74, 6) is 2.00. The highest BCUT2D eigenvalue weighted by atomic mass is 35.5. The molecule has 0 amide bonds. The highest BCUT2D eigenvalue weighted by molar-refractivity contribution is 6.32. The van der Waals surface area contributed by atoms with Crippen LogP contribution < -0.4 is 15.0 Å². The molecule has 1 N–H and O–H groups in total. The van der Waals surface area contributed by atoms with E-state index in [2.05, 4.69) is 31.3 Å². The van der Waals surface area contributed by atoms with Gasteiger partial charge in [-0.15, -0.1) is 0 Å². The lowest BCUT2D eigenvalue weighted by molar-refractivity contribution is 0.0988. The van der Waals surface area contributed by atoms with Gasteiger partial charge in [0, 0.05) is 23.0 Å². The molecule has 0 radical (unpaired) electrons. The molecule has 0 aliphatic carbocycles. The molecule has 2 aromatic heterocycles. The van der Waals surface area contributed by atoms with E-state index in [1.165, 1.54) is 5.56 Å². The van der Waals surface area contributed by atoms with Gasteiger partial charge in [-0.1, -0.05) is 11.6 Å². The molecule has 3 aliphatic rings. The Kier molecular flexibility index (Phi) is 4.74. The Morgan fingerprint density at radius 2 is 2.00 bits per heavy atom. The highest BCUT2D eigenvalue weighted by Gasteiger charge is 2.40. The van der Waals surface area contributed by atoms with Gasteiger partial charge in [0.25, 0.3) is 0 Å². The number of anilines is 1. The van der Waals surface area contributed by atoms with Crippen LogP contribution in [0.1, 0.15) is 30.7 Å². The second-order valence-corrected chi connectivity index (χ2v) is 8.99. The number of benzene rings is 1. The fraction of sp³-hybridized carbons (Fsp3) is 0.500. The molecular weight excluding hydrogens is 416 g/mol. The molecule has 1 aromatic carbocycles. The molecule has 8 nitrogen and oxygen atoms in total. The summed E-state index contributed by atoms with van der Waals surface area (Å²) in [5, 5.41) is 9.87. The van der Waals surface area contributed by atoms with E-state index < -0.39 is 0 Å². The number of rotatable bonds is 4. The summed E-state index contributed by atoms with van der Waals surface area (Å²) in [7, 11) is 1.60. The number of hydrogen-bond acceptors (Lipinski definition) is 7. The van der Waals surface area contributed by atoms with Crippen LogP contribution in [0.4, 0.5) is 5.82 Å². The normalized spacial score (nSPS) is 23.7. The fourth-order valence-electron chi connectivity index (χ4n) is 5.12. The van der Waals surface area contributed by atoms with Crippen LogP contribution >= 0.6 is 11.6 Å². The van der Waals surface area contributed by atoms with E-state index in [0.717, 1.165) is 67.2 Å². The average Bonchev–Trinajstić information content (AvgIpc) is 3.54. The van der Waals surface area contributed by atoms with Gasteiger partial charge in [0.1, 0.15) is 5.82 Å². The van der Waals surface area contributed by atoms with Crippen molar-refractivity contribution in [3.05, 3.63) is 35.0 Å². The van der Waals surface area contributed by atoms with Crippen molar-refractivity contribution in [1.29, 1.82) is 0 Å². The van der Waals surface area contributed by atoms with E-state index >= 15 is 0 Å². The monoisotopic (exact) mass is 440 g/mol. The maximum atomic E-state index is 6.67. The predicted octanol–water partition coefficient (Wildman–Crippen LogP) is 2.92. The average molecular weight is 441 g/mol. The van der Waals surface area contributed by atoms with Crippen LogP contribution in [0.3, 0.4) is 0 Å². The summed E-state index contributed by atoms with van der Waals surface area (Å²) in [6.07, 6.45) is 5.35. The van der Waals surface area contributed by atoms with Crippen molar-refractivity contribution in [1.82, 2.24) is 25.1 Å². The third-order valence-electron chi connectivity index (χ3n) is 6.74. The van der Waals surface area contributed by atoms with Crippen molar-refractivity contribution in [3.8, 4) is 11.8 Å². The van der Waals surface area contributed by atoms with Gasteiger partial charge in [0.2, 0.25) is 0 Å². The van der Waals surface area contributed by atoms with Gasteiger partial charge < -0.3 is 19.7 Å². The molecule has 3 fully saturated rings. The summed E-state index contributed by atoms with van der Waals surface area (Å²) in [5.41, 5.74) is 2.18. The van der Waals surface area contributed by atoms with Crippen molar-refractivity contribution in [2.45, 2.75) is 37.3 Å². The number of morpholine rings is 1. The molecule has 31 heavy (non-hydrogen) atoms. The Bertz CT molecular complexity index is 1130. The molecule has 3 aliphatic heterocycles. The van der Waals surface area contributed by atoms with Gasteiger partial charge in [0.05, 0.1) is 37.6 Å². The SMILES string of the molecule is COc1nc(N2C[C@@H]3C[C@H]2CO3)cc(-n2ncc3cc(Cl)c(C4CCNCC4)cc32)n1. The summed E-state index contributed by atoms with van der Waals surface area (Å²) in [4.78, 5) is 11.5. The van der Waals surface area contributed by atoms with Crippen molar-refractivity contribution in [3.63, 3.8) is 0 Å². The second kappa shape index (κ2) is 7.62. The standard InChI is InChI=1S/C22H25ClN6O2/c1-30-22-26-20(28-11-16-7-15(28)12-31-16)9-21(27-22)29-19-8-17(13-2-4-24-5-3-13)18(23)6-14(19)10-25-29/h6,8-10,13,15-16,24H,2-5,7,11-12H2,1H3/t15-,16-/m0/s1. The minimum atomic E-state index is 0.287. The maximum Gasteiger partial charge on any atom is 0.320 e. The van der Waals surface area contributed by atoms with E-state index in [0.29, 0.717) is 23.8 Å². The smallest absolute Gasteiger partial charge is 0.320 e. The van der Waals surface area contributed by atoms with Gasteiger partial charge >= 0.3 is 6.01 Å². The zero-order valence-electron chi connectivity index (χ0n) is 17.4. The number of halogens is 1. The Balaban J connectivity index is 1.43. The quantitative estimate of drug-likeness (QED) is 0.668. The van der Waals surface area contributed by atoms with Gasteiger partial charge in [0.15, 0.2) is 5.82 Å². The molecule has 0 unspecified atom stereocenters. The molecular formula is C22H25ClN6O2. The predicted molar refractivity (Wildman–Crippen MR) is 119 cm³/mol. The molecule has 5 heterocycles. The van der Waals surface area contributed by atoms with Crippen LogP contribution in [-0.2, 0) is 4.74 Å². The molecule has 0 spiro atoms. The number of piperidine rings is 1. The molecule has 2 bridgehead atoms. The van der Waals surface area contributed by atoms with Crippen molar-refractivity contribution in [2.24, 2.45) is 0 Å². The van der Waals surface area contributed by atoms with Crippen LogP contribution in [0.5, 0.6) is 6.01 Å².